The molecule has 2 heterocycles. The Bertz CT molecular complexity index is 911. The molecule has 5 nitrogen and oxygen atoms in total. The van der Waals surface area contributed by atoms with E-state index in [4.69, 9.17) is 0 Å². The predicted octanol–water partition coefficient (Wildman–Crippen LogP) is 2.66. The van der Waals surface area contributed by atoms with Gasteiger partial charge >= 0.3 is 0 Å². The number of aryl methyl sites for hydroxylation is 1. The van der Waals surface area contributed by atoms with Crippen LogP contribution in [0.2, 0.25) is 0 Å². The van der Waals surface area contributed by atoms with Gasteiger partial charge in [0.25, 0.3) is 5.91 Å². The molecule has 2 N–H and O–H groups in total. The van der Waals surface area contributed by atoms with Gasteiger partial charge in [-0.05, 0) is 46.1 Å². The Morgan fingerprint density at radius 2 is 1.96 bits per heavy atom. The first kappa shape index (κ1) is 15.4. The number of likely N-dealkylation sites (N-methyl/N-ethyl adjacent to an activating group) is 1. The molecule has 0 aromatic heterocycles. The van der Waals surface area contributed by atoms with Gasteiger partial charge in [0, 0.05) is 22.8 Å². The fraction of sp³-hybridized carbons (Fsp3) is 0.222. The minimum atomic E-state index is -1.92. The lowest BCUT2D eigenvalue weighted by atomic mass is 9.78. The molecule has 6 heteroatoms. The third kappa shape index (κ3) is 1.78. The van der Waals surface area contributed by atoms with Crippen molar-refractivity contribution in [1.29, 1.82) is 0 Å². The number of aliphatic hydroxyl groups is 1. The number of hydrogen-bond donors (Lipinski definition) is 2. The lowest BCUT2D eigenvalue weighted by molar-refractivity contribution is -0.143. The number of anilines is 2. The maximum absolute atomic E-state index is 13.0. The highest BCUT2D eigenvalue weighted by Crippen LogP contribution is 2.53. The number of hydrogen-bond acceptors (Lipinski definition) is 3. The van der Waals surface area contributed by atoms with Crippen LogP contribution in [0.3, 0.4) is 0 Å². The maximum Gasteiger partial charge on any atom is 0.264 e. The summed E-state index contributed by atoms with van der Waals surface area (Å²) in [6, 6.07) is 10.8. The Hall–Kier alpha value is -2.18. The first-order chi connectivity index (χ1) is 11.4. The molecule has 0 unspecified atom stereocenters. The van der Waals surface area contributed by atoms with Crippen molar-refractivity contribution >= 4 is 39.1 Å². The summed E-state index contributed by atoms with van der Waals surface area (Å²) in [5.41, 5.74) is 1.31. The highest BCUT2D eigenvalue weighted by Gasteiger charge is 2.59. The molecule has 2 aliphatic heterocycles. The molecule has 24 heavy (non-hydrogen) atoms. The summed E-state index contributed by atoms with van der Waals surface area (Å²) >= 11 is 3.47. The molecule has 0 aliphatic carbocycles. The number of nitrogens with zero attached hydrogens (tertiary/aromatic N) is 1. The second-order valence-electron chi connectivity index (χ2n) is 6.28. The van der Waals surface area contributed by atoms with Crippen molar-refractivity contribution in [2.24, 2.45) is 0 Å². The van der Waals surface area contributed by atoms with Gasteiger partial charge in [-0.2, -0.15) is 0 Å². The van der Waals surface area contributed by atoms with Gasteiger partial charge in [-0.3, -0.25) is 9.59 Å². The lowest BCUT2D eigenvalue weighted by Gasteiger charge is -2.27. The summed E-state index contributed by atoms with van der Waals surface area (Å²) < 4.78 is 0.718. The second kappa shape index (κ2) is 4.91. The van der Waals surface area contributed by atoms with E-state index in [9.17, 15) is 14.7 Å². The Kier molecular flexibility index (Phi) is 3.14. The third-order valence-electron chi connectivity index (χ3n) is 4.79. The van der Waals surface area contributed by atoms with Crippen LogP contribution in [0.5, 0.6) is 0 Å². The van der Waals surface area contributed by atoms with E-state index in [1.54, 1.807) is 31.3 Å². The maximum atomic E-state index is 13.0. The summed E-state index contributed by atoms with van der Waals surface area (Å²) in [5, 5.41) is 14.2. The van der Waals surface area contributed by atoms with Gasteiger partial charge in [-0.25, -0.2) is 0 Å². The molecule has 0 radical (unpaired) electrons. The number of benzene rings is 2. The van der Waals surface area contributed by atoms with Crippen molar-refractivity contribution in [3.8, 4) is 0 Å². The number of carbonyl (C=O) groups is 2. The van der Waals surface area contributed by atoms with Crippen LogP contribution in [0.4, 0.5) is 11.4 Å². The number of fused-ring (bicyclic) bond motifs is 2. The highest BCUT2D eigenvalue weighted by molar-refractivity contribution is 9.10. The first-order valence-corrected chi connectivity index (χ1v) is 8.36. The van der Waals surface area contributed by atoms with Crippen molar-refractivity contribution in [1.82, 2.24) is 0 Å². The van der Waals surface area contributed by atoms with E-state index in [0.29, 0.717) is 22.5 Å². The largest absolute Gasteiger partial charge is 0.374 e. The van der Waals surface area contributed by atoms with E-state index in [-0.39, 0.29) is 5.91 Å². The molecule has 0 spiro atoms. The smallest absolute Gasteiger partial charge is 0.264 e. The molecule has 0 saturated carbocycles. The Labute approximate surface area is 147 Å². The average molecular weight is 387 g/mol. The molecule has 0 saturated heterocycles. The van der Waals surface area contributed by atoms with Crippen molar-refractivity contribution in [2.45, 2.75) is 18.4 Å². The minimum Gasteiger partial charge on any atom is -0.374 e. The molecule has 122 valence electrons. The summed E-state index contributed by atoms with van der Waals surface area (Å²) in [6.45, 7) is 1.89. The summed E-state index contributed by atoms with van der Waals surface area (Å²) in [6.07, 6.45) is 0. The predicted molar refractivity (Wildman–Crippen MR) is 94.0 cm³/mol. The van der Waals surface area contributed by atoms with Crippen molar-refractivity contribution in [3.63, 3.8) is 0 Å². The van der Waals surface area contributed by atoms with Gasteiger partial charge in [0.05, 0.1) is 5.69 Å². The number of halogens is 1. The van der Waals surface area contributed by atoms with Crippen LogP contribution in [0, 0.1) is 6.92 Å². The van der Waals surface area contributed by atoms with E-state index < -0.39 is 17.4 Å². The molecule has 0 bridgehead atoms. The Balaban J connectivity index is 2.00. The van der Waals surface area contributed by atoms with Gasteiger partial charge in [-0.1, -0.05) is 24.3 Å². The fourth-order valence-corrected chi connectivity index (χ4v) is 4.58. The molecule has 4 rings (SSSR count). The zero-order valence-electron chi connectivity index (χ0n) is 13.1. The van der Waals surface area contributed by atoms with Crippen LogP contribution in [0.25, 0.3) is 0 Å². The Morgan fingerprint density at radius 1 is 1.25 bits per heavy atom. The zero-order chi connectivity index (χ0) is 17.2. The lowest BCUT2D eigenvalue weighted by Crippen LogP contribution is -2.45. The monoisotopic (exact) mass is 386 g/mol. The van der Waals surface area contributed by atoms with E-state index in [0.717, 1.165) is 10.0 Å². The topological polar surface area (TPSA) is 69.6 Å². The SMILES string of the molecule is Cc1cc(Br)c2c(c1)[C@@](O)([C@H]1C(=O)Nc3ccccc31)C(=O)N2C. The van der Waals surface area contributed by atoms with Gasteiger partial charge in [0.15, 0.2) is 5.60 Å². The van der Waals surface area contributed by atoms with Crippen LogP contribution < -0.4 is 10.2 Å². The molecular weight excluding hydrogens is 372 g/mol. The van der Waals surface area contributed by atoms with Crippen LogP contribution in [0.1, 0.15) is 22.6 Å². The number of nitrogens with one attached hydrogen (secondary N) is 1. The van der Waals surface area contributed by atoms with E-state index in [2.05, 4.69) is 21.2 Å². The van der Waals surface area contributed by atoms with Crippen molar-refractivity contribution in [2.75, 3.05) is 17.3 Å². The first-order valence-electron chi connectivity index (χ1n) is 7.56. The number of carbonyl (C=O) groups excluding carboxylic acids is 2. The molecule has 0 fully saturated rings. The number of para-hydroxylation sites is 1. The van der Waals surface area contributed by atoms with Gasteiger partial charge < -0.3 is 15.3 Å². The fourth-order valence-electron chi connectivity index (χ4n) is 3.74. The van der Waals surface area contributed by atoms with Gasteiger partial charge in [-0.15, -0.1) is 0 Å². The molecule has 2 aromatic carbocycles. The number of rotatable bonds is 1. The summed E-state index contributed by atoms with van der Waals surface area (Å²) in [5.74, 6) is -1.84. The molecule has 2 aromatic rings. The zero-order valence-corrected chi connectivity index (χ0v) is 14.7. The van der Waals surface area contributed by atoms with Crippen LogP contribution in [0.15, 0.2) is 40.9 Å². The van der Waals surface area contributed by atoms with E-state index in [1.807, 2.05) is 19.1 Å². The summed E-state index contributed by atoms with van der Waals surface area (Å²) in [7, 11) is 1.61. The molecule has 2 aliphatic rings. The Morgan fingerprint density at radius 3 is 2.71 bits per heavy atom. The standard InChI is InChI=1S/C18H15BrN2O3/c1-9-7-11-15(12(19)8-9)21(2)17(23)18(11,24)14-10-5-3-4-6-13(10)20-16(14)22/h3-8,14,24H,1-2H3,(H,20,22)/t14-,18-/m1/s1. The van der Waals surface area contributed by atoms with Crippen LogP contribution in [-0.2, 0) is 15.2 Å². The number of amides is 2. The van der Waals surface area contributed by atoms with Crippen LogP contribution >= 0.6 is 15.9 Å². The molecular formula is C18H15BrN2O3. The van der Waals surface area contributed by atoms with E-state index >= 15 is 0 Å². The second-order valence-corrected chi connectivity index (χ2v) is 7.14. The van der Waals surface area contributed by atoms with Crippen LogP contribution in [-0.4, -0.2) is 24.0 Å². The highest BCUT2D eigenvalue weighted by atomic mass is 79.9. The van der Waals surface area contributed by atoms with E-state index in [1.165, 1.54) is 4.90 Å². The minimum absolute atomic E-state index is 0.370. The van der Waals surface area contributed by atoms with Crippen molar-refractivity contribution < 1.29 is 14.7 Å². The summed E-state index contributed by atoms with van der Waals surface area (Å²) in [4.78, 5) is 27.0. The molecule has 2 atom stereocenters. The third-order valence-corrected chi connectivity index (χ3v) is 5.40. The van der Waals surface area contributed by atoms with Gasteiger partial charge in [0.1, 0.15) is 5.92 Å². The van der Waals surface area contributed by atoms with Crippen molar-refractivity contribution in [3.05, 3.63) is 57.6 Å². The quantitative estimate of drug-likeness (QED) is 0.791. The average Bonchev–Trinajstić information content (AvgIpc) is 2.96. The van der Waals surface area contributed by atoms with Gasteiger partial charge in [0.2, 0.25) is 5.91 Å². The normalized spacial score (nSPS) is 24.8. The molecule has 2 amide bonds.